The summed E-state index contributed by atoms with van der Waals surface area (Å²) in [6.07, 6.45) is 0.995. The molecule has 0 spiro atoms. The van der Waals surface area contributed by atoms with Gasteiger partial charge in [-0.15, -0.1) is 0 Å². The van der Waals surface area contributed by atoms with E-state index in [1.165, 1.54) is 4.90 Å². The number of carbonyl (C=O) groups is 2. The average Bonchev–Trinajstić information content (AvgIpc) is 2.49. The summed E-state index contributed by atoms with van der Waals surface area (Å²) in [6, 6.07) is 4.99. The van der Waals surface area contributed by atoms with Gasteiger partial charge in [-0.2, -0.15) is 0 Å². The molecule has 1 aliphatic heterocycles. The molecule has 1 aromatic carbocycles. The van der Waals surface area contributed by atoms with Crippen LogP contribution in [-0.4, -0.2) is 24.0 Å². The second-order valence-corrected chi connectivity index (χ2v) is 4.99. The molecule has 0 aromatic heterocycles. The Morgan fingerprint density at radius 1 is 1.38 bits per heavy atom. The molecule has 0 atom stereocenters. The summed E-state index contributed by atoms with van der Waals surface area (Å²) in [5.74, 6) is 4.93. The Bertz CT molecular complexity index is 569. The van der Waals surface area contributed by atoms with Crippen LogP contribution in [0, 0.1) is 0 Å². The summed E-state index contributed by atoms with van der Waals surface area (Å²) in [5.41, 5.74) is 7.90. The van der Waals surface area contributed by atoms with Gasteiger partial charge in [-0.25, -0.2) is 5.84 Å². The number of nitrogens with zero attached hydrogens (tertiary/aromatic N) is 1. The lowest BCUT2D eigenvalue weighted by atomic mass is 9.92. The minimum Gasteiger partial charge on any atom is -0.475 e. The quantitative estimate of drug-likeness (QED) is 0.325. The summed E-state index contributed by atoms with van der Waals surface area (Å²) >= 11 is 0. The van der Waals surface area contributed by atoms with E-state index in [0.717, 1.165) is 0 Å². The van der Waals surface area contributed by atoms with Gasteiger partial charge in [0.1, 0.15) is 12.3 Å². The van der Waals surface area contributed by atoms with Crippen molar-refractivity contribution in [1.82, 2.24) is 5.43 Å². The number of hydrazine groups is 1. The van der Waals surface area contributed by atoms with Gasteiger partial charge in [0, 0.05) is 11.8 Å². The zero-order valence-corrected chi connectivity index (χ0v) is 12.2. The van der Waals surface area contributed by atoms with E-state index in [9.17, 15) is 9.59 Å². The first-order chi connectivity index (χ1) is 9.97. The average molecular weight is 292 g/mol. The highest BCUT2D eigenvalue weighted by atomic mass is 16.5. The van der Waals surface area contributed by atoms with E-state index in [1.54, 1.807) is 18.2 Å². The van der Waals surface area contributed by atoms with Gasteiger partial charge in [-0.3, -0.25) is 19.9 Å². The molecular weight excluding hydrogens is 272 g/mol. The fourth-order valence-corrected chi connectivity index (χ4v) is 2.49. The highest BCUT2D eigenvalue weighted by Gasteiger charge is 2.46. The molecule has 2 rings (SSSR count). The summed E-state index contributed by atoms with van der Waals surface area (Å²) < 4.78 is 5.92. The van der Waals surface area contributed by atoms with E-state index in [4.69, 9.17) is 16.3 Å². The van der Waals surface area contributed by atoms with Crippen LogP contribution in [0.4, 0.5) is 11.4 Å². The van der Waals surface area contributed by atoms with Crippen molar-refractivity contribution < 1.29 is 14.3 Å². The van der Waals surface area contributed by atoms with Crippen LogP contribution in [0.25, 0.3) is 0 Å². The van der Waals surface area contributed by atoms with E-state index < -0.39 is 11.5 Å². The first kappa shape index (κ1) is 15.1. The lowest BCUT2D eigenvalue weighted by Crippen LogP contribution is -2.57. The summed E-state index contributed by atoms with van der Waals surface area (Å²) in [4.78, 5) is 25.7. The second-order valence-electron chi connectivity index (χ2n) is 4.99. The minimum atomic E-state index is -0.977. The van der Waals surface area contributed by atoms with E-state index in [0.29, 0.717) is 30.0 Å². The maximum absolute atomic E-state index is 12.8. The molecule has 21 heavy (non-hydrogen) atoms. The van der Waals surface area contributed by atoms with Crippen molar-refractivity contribution in [3.8, 4) is 5.75 Å². The Hall–Kier alpha value is -2.28. The molecule has 0 saturated carbocycles. The highest BCUT2D eigenvalue weighted by Crippen LogP contribution is 2.41. The van der Waals surface area contributed by atoms with Crippen molar-refractivity contribution in [3.63, 3.8) is 0 Å². The number of nitrogen functional groups attached to an aromatic ring is 1. The Kier molecular flexibility index (Phi) is 4.04. The van der Waals surface area contributed by atoms with Crippen LogP contribution in [0.5, 0.6) is 5.75 Å². The zero-order chi connectivity index (χ0) is 15.6. The molecule has 7 heteroatoms. The molecule has 2 amide bonds. The number of rotatable bonds is 4. The van der Waals surface area contributed by atoms with Crippen molar-refractivity contribution in [3.05, 3.63) is 18.2 Å². The van der Waals surface area contributed by atoms with Crippen LogP contribution in [0.1, 0.15) is 26.7 Å². The lowest BCUT2D eigenvalue weighted by Gasteiger charge is -2.41. The molecule has 1 heterocycles. The molecule has 0 aliphatic carbocycles. The fourth-order valence-electron chi connectivity index (χ4n) is 2.49. The summed E-state index contributed by atoms with van der Waals surface area (Å²) in [6.45, 7) is 3.59. The highest BCUT2D eigenvalue weighted by molar-refractivity contribution is 6.06. The van der Waals surface area contributed by atoms with Crippen LogP contribution in [-0.2, 0) is 9.59 Å². The summed E-state index contributed by atoms with van der Waals surface area (Å²) in [7, 11) is 0. The van der Waals surface area contributed by atoms with Crippen LogP contribution in [0.15, 0.2) is 18.2 Å². The molecule has 1 aliphatic rings. The van der Waals surface area contributed by atoms with Gasteiger partial charge in [0.2, 0.25) is 0 Å². The molecular formula is C14H20N4O3. The number of carbonyl (C=O) groups excluding carboxylic acids is 2. The number of ether oxygens (including phenoxy) is 1. The SMILES string of the molecule is CCC1(CC)Oc2cc(N)ccc2N(CC(=O)NN)C1=O. The first-order valence-electron chi connectivity index (χ1n) is 6.87. The van der Waals surface area contributed by atoms with Crippen LogP contribution < -0.4 is 26.6 Å². The maximum atomic E-state index is 12.8. The van der Waals surface area contributed by atoms with Gasteiger partial charge in [-0.1, -0.05) is 13.8 Å². The number of hydrogen-bond acceptors (Lipinski definition) is 5. The molecule has 0 fully saturated rings. The van der Waals surface area contributed by atoms with Crippen LogP contribution in [0.3, 0.4) is 0 Å². The molecule has 7 nitrogen and oxygen atoms in total. The van der Waals surface area contributed by atoms with E-state index in [-0.39, 0.29) is 12.5 Å². The van der Waals surface area contributed by atoms with Crippen molar-refractivity contribution >= 4 is 23.2 Å². The van der Waals surface area contributed by atoms with Crippen molar-refractivity contribution in [2.45, 2.75) is 32.3 Å². The second kappa shape index (κ2) is 5.61. The molecule has 114 valence electrons. The fraction of sp³-hybridized carbons (Fsp3) is 0.429. The van der Waals surface area contributed by atoms with Crippen LogP contribution >= 0.6 is 0 Å². The van der Waals surface area contributed by atoms with Gasteiger partial charge in [-0.05, 0) is 25.0 Å². The number of nitrogens with one attached hydrogen (secondary N) is 1. The van der Waals surface area contributed by atoms with Gasteiger partial charge in [0.15, 0.2) is 5.60 Å². The topological polar surface area (TPSA) is 111 Å². The first-order valence-corrected chi connectivity index (χ1v) is 6.87. The van der Waals surface area contributed by atoms with Crippen molar-refractivity contribution in [1.29, 1.82) is 0 Å². The van der Waals surface area contributed by atoms with Gasteiger partial charge >= 0.3 is 0 Å². The Morgan fingerprint density at radius 2 is 2.05 bits per heavy atom. The van der Waals surface area contributed by atoms with Crippen molar-refractivity contribution in [2.24, 2.45) is 5.84 Å². The number of fused-ring (bicyclic) bond motifs is 1. The normalized spacial score (nSPS) is 16.1. The van der Waals surface area contributed by atoms with Crippen molar-refractivity contribution in [2.75, 3.05) is 17.2 Å². The third-order valence-corrected chi connectivity index (χ3v) is 3.82. The molecule has 0 bridgehead atoms. The largest absolute Gasteiger partial charge is 0.475 e. The maximum Gasteiger partial charge on any atom is 0.271 e. The van der Waals surface area contributed by atoms with E-state index in [2.05, 4.69) is 0 Å². The number of benzene rings is 1. The van der Waals surface area contributed by atoms with E-state index in [1.807, 2.05) is 19.3 Å². The molecule has 1 aromatic rings. The predicted octanol–water partition coefficient (Wildman–Crippen LogP) is 0.543. The third-order valence-electron chi connectivity index (χ3n) is 3.82. The Morgan fingerprint density at radius 3 is 2.62 bits per heavy atom. The molecule has 5 N–H and O–H groups in total. The molecule has 0 saturated heterocycles. The minimum absolute atomic E-state index is 0.155. The third kappa shape index (κ3) is 2.52. The van der Waals surface area contributed by atoms with E-state index >= 15 is 0 Å². The molecule has 0 radical (unpaired) electrons. The molecule has 0 unspecified atom stereocenters. The van der Waals surface area contributed by atoms with Gasteiger partial charge < -0.3 is 10.5 Å². The Balaban J connectivity index is 2.51. The number of hydrogen-bond donors (Lipinski definition) is 3. The van der Waals surface area contributed by atoms with Gasteiger partial charge in [0.25, 0.3) is 11.8 Å². The lowest BCUT2D eigenvalue weighted by molar-refractivity contribution is -0.137. The zero-order valence-electron chi connectivity index (χ0n) is 12.2. The smallest absolute Gasteiger partial charge is 0.271 e. The number of amides is 2. The number of anilines is 2. The number of nitrogens with two attached hydrogens (primary N) is 2. The summed E-state index contributed by atoms with van der Waals surface area (Å²) in [5, 5.41) is 0. The standard InChI is InChI=1S/C14H20N4O3/c1-3-14(4-2)13(20)18(8-12(19)17-16)10-6-5-9(15)7-11(10)21-14/h5-7H,3-4,8,15-16H2,1-2H3,(H,17,19). The van der Waals surface area contributed by atoms with Crippen LogP contribution in [0.2, 0.25) is 0 Å². The predicted molar refractivity (Wildman–Crippen MR) is 79.5 cm³/mol. The Labute approximate surface area is 123 Å². The van der Waals surface area contributed by atoms with Gasteiger partial charge in [0.05, 0.1) is 5.69 Å². The monoisotopic (exact) mass is 292 g/mol.